The molecule has 1 aromatic carbocycles. The molecule has 20 heavy (non-hydrogen) atoms. The van der Waals surface area contributed by atoms with Crippen molar-refractivity contribution >= 4 is 17.0 Å². The van der Waals surface area contributed by atoms with Gasteiger partial charge >= 0.3 is 0 Å². The zero-order chi connectivity index (χ0) is 14.4. The van der Waals surface area contributed by atoms with Crippen LogP contribution in [0.4, 0.5) is 5.69 Å². The molecule has 0 saturated carbocycles. The molecule has 100 valence electrons. The summed E-state index contributed by atoms with van der Waals surface area (Å²) in [7, 11) is 2.00. The van der Waals surface area contributed by atoms with Gasteiger partial charge in [0.25, 0.3) is 0 Å². The summed E-state index contributed by atoms with van der Waals surface area (Å²) in [6.45, 7) is 0.645. The highest BCUT2D eigenvalue weighted by Crippen LogP contribution is 2.20. The van der Waals surface area contributed by atoms with Crippen molar-refractivity contribution in [1.82, 2.24) is 0 Å². The van der Waals surface area contributed by atoms with E-state index in [2.05, 4.69) is 22.8 Å². The molecule has 0 aliphatic carbocycles. The van der Waals surface area contributed by atoms with E-state index < -0.39 is 0 Å². The van der Waals surface area contributed by atoms with Crippen molar-refractivity contribution in [2.75, 3.05) is 18.6 Å². The number of nitrogens with zero attached hydrogens (tertiary/aromatic N) is 2. The van der Waals surface area contributed by atoms with Crippen molar-refractivity contribution in [3.8, 4) is 17.9 Å². The monoisotopic (exact) mass is 282 g/mol. The van der Waals surface area contributed by atoms with Gasteiger partial charge in [-0.05, 0) is 24.3 Å². The van der Waals surface area contributed by atoms with Gasteiger partial charge in [0.2, 0.25) is 0 Å². The lowest BCUT2D eigenvalue weighted by molar-refractivity contribution is 0.350. The van der Waals surface area contributed by atoms with E-state index in [-0.39, 0.29) is 6.61 Å². The average Bonchev–Trinajstić information content (AvgIpc) is 2.92. The Kier molecular flexibility index (Phi) is 4.79. The third-order valence-corrected chi connectivity index (χ3v) is 3.70. The molecule has 1 N–H and O–H groups in total. The molecule has 4 heteroatoms. The average molecular weight is 282 g/mol. The second kappa shape index (κ2) is 6.77. The zero-order valence-corrected chi connectivity index (χ0v) is 11.9. The van der Waals surface area contributed by atoms with Crippen LogP contribution in [-0.4, -0.2) is 18.8 Å². The van der Waals surface area contributed by atoms with Crippen LogP contribution in [0.15, 0.2) is 35.7 Å². The SMILES string of the molecule is CN(Cc1cc(C#CCO)cs1)c1cccc(C#N)c1. The third kappa shape index (κ3) is 3.61. The summed E-state index contributed by atoms with van der Waals surface area (Å²) in [6.07, 6.45) is 0. The van der Waals surface area contributed by atoms with E-state index in [9.17, 15) is 0 Å². The molecule has 0 radical (unpaired) electrons. The lowest BCUT2D eigenvalue weighted by Crippen LogP contribution is -2.15. The Hall–Kier alpha value is -2.27. The highest BCUT2D eigenvalue weighted by Gasteiger charge is 2.05. The molecule has 2 rings (SSSR count). The van der Waals surface area contributed by atoms with Crippen LogP contribution < -0.4 is 4.90 Å². The normalized spacial score (nSPS) is 9.45. The van der Waals surface area contributed by atoms with Gasteiger partial charge in [0.15, 0.2) is 0 Å². The lowest BCUT2D eigenvalue weighted by atomic mass is 10.2. The molecule has 0 bridgehead atoms. The molecule has 0 saturated heterocycles. The number of nitriles is 1. The van der Waals surface area contributed by atoms with Crippen LogP contribution in [0.1, 0.15) is 16.0 Å². The first-order valence-electron chi connectivity index (χ1n) is 6.11. The summed E-state index contributed by atoms with van der Waals surface area (Å²) in [4.78, 5) is 3.28. The second-order valence-corrected chi connectivity index (χ2v) is 5.28. The highest BCUT2D eigenvalue weighted by atomic mass is 32.1. The Bertz CT molecular complexity index is 688. The molecule has 3 nitrogen and oxygen atoms in total. The smallest absolute Gasteiger partial charge is 0.104 e. The first-order valence-corrected chi connectivity index (χ1v) is 6.99. The molecule has 0 aliphatic rings. The van der Waals surface area contributed by atoms with Crippen LogP contribution in [0, 0.1) is 23.2 Å². The molecular weight excluding hydrogens is 268 g/mol. The Labute approximate surface area is 122 Å². The summed E-state index contributed by atoms with van der Waals surface area (Å²) < 4.78 is 0. The van der Waals surface area contributed by atoms with Crippen molar-refractivity contribution in [1.29, 1.82) is 5.26 Å². The van der Waals surface area contributed by atoms with Crippen LogP contribution in [0.3, 0.4) is 0 Å². The second-order valence-electron chi connectivity index (χ2n) is 4.28. The standard InChI is InChI=1S/C16H14N2OS/c1-18(15-6-2-4-13(8-15)10-17)11-16-9-14(12-20-16)5-3-7-19/h2,4,6,8-9,12,19H,7,11H2,1H3. The molecule has 0 spiro atoms. The molecule has 0 fully saturated rings. The van der Waals surface area contributed by atoms with E-state index in [0.29, 0.717) is 5.56 Å². The van der Waals surface area contributed by atoms with Crippen LogP contribution in [0.25, 0.3) is 0 Å². The maximum atomic E-state index is 8.92. The lowest BCUT2D eigenvalue weighted by Gasteiger charge is -2.18. The molecule has 0 amide bonds. The van der Waals surface area contributed by atoms with Crippen LogP contribution in [-0.2, 0) is 6.54 Å². The Balaban J connectivity index is 2.09. The Morgan fingerprint density at radius 1 is 1.30 bits per heavy atom. The first kappa shape index (κ1) is 14.1. The highest BCUT2D eigenvalue weighted by molar-refractivity contribution is 7.10. The Morgan fingerprint density at radius 3 is 2.90 bits per heavy atom. The number of rotatable bonds is 3. The molecule has 0 unspecified atom stereocenters. The van der Waals surface area contributed by atoms with E-state index in [4.69, 9.17) is 10.4 Å². The molecule has 0 aliphatic heterocycles. The van der Waals surface area contributed by atoms with Gasteiger partial charge in [-0.25, -0.2) is 0 Å². The summed E-state index contributed by atoms with van der Waals surface area (Å²) in [6, 6.07) is 11.7. The zero-order valence-electron chi connectivity index (χ0n) is 11.1. The van der Waals surface area contributed by atoms with Gasteiger partial charge in [-0.15, -0.1) is 11.3 Å². The number of hydrogen-bond acceptors (Lipinski definition) is 4. The molecular formula is C16H14N2OS. The van der Waals surface area contributed by atoms with E-state index in [1.54, 1.807) is 17.4 Å². The van der Waals surface area contributed by atoms with Gasteiger partial charge in [-0.1, -0.05) is 17.9 Å². The van der Waals surface area contributed by atoms with Gasteiger partial charge in [0, 0.05) is 28.6 Å². The van der Waals surface area contributed by atoms with E-state index in [1.807, 2.05) is 36.7 Å². The topological polar surface area (TPSA) is 47.3 Å². The van der Waals surface area contributed by atoms with Crippen molar-refractivity contribution < 1.29 is 5.11 Å². The van der Waals surface area contributed by atoms with Crippen molar-refractivity contribution in [2.45, 2.75) is 6.54 Å². The fraction of sp³-hybridized carbons (Fsp3) is 0.188. The van der Waals surface area contributed by atoms with Gasteiger partial charge in [-0.2, -0.15) is 5.26 Å². The van der Waals surface area contributed by atoms with Gasteiger partial charge in [-0.3, -0.25) is 0 Å². The molecule has 1 heterocycles. The first-order chi connectivity index (χ1) is 9.72. The minimum atomic E-state index is -0.119. The molecule has 2 aromatic rings. The maximum Gasteiger partial charge on any atom is 0.104 e. The quantitative estimate of drug-likeness (QED) is 0.880. The number of aliphatic hydroxyl groups is 1. The van der Waals surface area contributed by atoms with E-state index in [0.717, 1.165) is 17.8 Å². The third-order valence-electron chi connectivity index (χ3n) is 2.77. The molecule has 0 atom stereocenters. The number of thiophene rings is 1. The summed E-state index contributed by atoms with van der Waals surface area (Å²) in [5.74, 6) is 5.54. The van der Waals surface area contributed by atoms with Gasteiger partial charge in [0.1, 0.15) is 6.61 Å². The fourth-order valence-corrected chi connectivity index (χ4v) is 2.68. The van der Waals surface area contributed by atoms with Crippen molar-refractivity contribution in [3.63, 3.8) is 0 Å². The van der Waals surface area contributed by atoms with Gasteiger partial charge in [0.05, 0.1) is 18.2 Å². The number of aliphatic hydroxyl groups excluding tert-OH is 1. The predicted molar refractivity (Wildman–Crippen MR) is 81.5 cm³/mol. The van der Waals surface area contributed by atoms with Crippen LogP contribution in [0.2, 0.25) is 0 Å². The fourth-order valence-electron chi connectivity index (χ4n) is 1.81. The molecule has 1 aromatic heterocycles. The predicted octanol–water partition coefficient (Wildman–Crippen LogP) is 2.60. The van der Waals surface area contributed by atoms with Gasteiger partial charge < -0.3 is 10.0 Å². The summed E-state index contributed by atoms with van der Waals surface area (Å²) in [5.41, 5.74) is 2.61. The van der Waals surface area contributed by atoms with Crippen molar-refractivity contribution in [2.24, 2.45) is 0 Å². The maximum absolute atomic E-state index is 8.92. The summed E-state index contributed by atoms with van der Waals surface area (Å²) >= 11 is 1.64. The van der Waals surface area contributed by atoms with Crippen LogP contribution >= 0.6 is 11.3 Å². The van der Waals surface area contributed by atoms with E-state index >= 15 is 0 Å². The minimum Gasteiger partial charge on any atom is -0.384 e. The summed E-state index contributed by atoms with van der Waals surface area (Å²) in [5, 5.41) is 19.6. The van der Waals surface area contributed by atoms with Crippen LogP contribution in [0.5, 0.6) is 0 Å². The van der Waals surface area contributed by atoms with Crippen molar-refractivity contribution in [3.05, 3.63) is 51.7 Å². The number of hydrogen-bond donors (Lipinski definition) is 1. The minimum absolute atomic E-state index is 0.119. The number of benzene rings is 1. The largest absolute Gasteiger partial charge is 0.384 e. The Morgan fingerprint density at radius 2 is 2.15 bits per heavy atom. The number of anilines is 1. The van der Waals surface area contributed by atoms with E-state index in [1.165, 1.54) is 4.88 Å².